The molecule has 0 saturated carbocycles. The SMILES string of the molecule is CNCCc1nccc(N(C)c2ccncc2)n1. The van der Waals surface area contributed by atoms with Gasteiger partial charge in [-0.3, -0.25) is 4.98 Å². The van der Waals surface area contributed by atoms with Gasteiger partial charge in [-0.05, 0) is 25.2 Å². The molecule has 2 rings (SSSR count). The van der Waals surface area contributed by atoms with E-state index < -0.39 is 0 Å². The Bertz CT molecular complexity index is 486. The molecule has 2 heterocycles. The monoisotopic (exact) mass is 243 g/mol. The second-order valence-electron chi connectivity index (χ2n) is 3.95. The van der Waals surface area contributed by atoms with E-state index in [9.17, 15) is 0 Å². The van der Waals surface area contributed by atoms with Crippen LogP contribution in [-0.4, -0.2) is 35.6 Å². The van der Waals surface area contributed by atoms with Crippen LogP contribution in [0.1, 0.15) is 5.82 Å². The molecule has 0 radical (unpaired) electrons. The van der Waals surface area contributed by atoms with Crippen molar-refractivity contribution in [3.8, 4) is 0 Å². The Morgan fingerprint density at radius 1 is 1.17 bits per heavy atom. The van der Waals surface area contributed by atoms with Crippen LogP contribution in [0.3, 0.4) is 0 Å². The number of pyridine rings is 1. The quantitative estimate of drug-likeness (QED) is 0.860. The molecule has 18 heavy (non-hydrogen) atoms. The van der Waals surface area contributed by atoms with Crippen molar-refractivity contribution in [3.63, 3.8) is 0 Å². The van der Waals surface area contributed by atoms with Crippen LogP contribution in [0.4, 0.5) is 11.5 Å². The number of anilines is 2. The van der Waals surface area contributed by atoms with E-state index in [0.29, 0.717) is 0 Å². The summed E-state index contributed by atoms with van der Waals surface area (Å²) in [7, 11) is 3.91. The molecule has 0 aliphatic carbocycles. The molecule has 0 saturated heterocycles. The Hall–Kier alpha value is -2.01. The number of nitrogens with zero attached hydrogens (tertiary/aromatic N) is 4. The second kappa shape index (κ2) is 6.07. The lowest BCUT2D eigenvalue weighted by Gasteiger charge is -2.18. The van der Waals surface area contributed by atoms with Crippen LogP contribution in [-0.2, 0) is 6.42 Å². The Balaban J connectivity index is 2.17. The van der Waals surface area contributed by atoms with Gasteiger partial charge in [-0.25, -0.2) is 9.97 Å². The fourth-order valence-electron chi connectivity index (χ4n) is 1.63. The number of hydrogen-bond donors (Lipinski definition) is 1. The van der Waals surface area contributed by atoms with Crippen molar-refractivity contribution in [2.75, 3.05) is 25.5 Å². The maximum absolute atomic E-state index is 4.54. The van der Waals surface area contributed by atoms with Crippen molar-refractivity contribution in [1.82, 2.24) is 20.3 Å². The van der Waals surface area contributed by atoms with Gasteiger partial charge in [0.25, 0.3) is 0 Å². The molecule has 94 valence electrons. The molecular formula is C13H17N5. The van der Waals surface area contributed by atoms with Crippen LogP contribution in [0.5, 0.6) is 0 Å². The fourth-order valence-corrected chi connectivity index (χ4v) is 1.63. The van der Waals surface area contributed by atoms with E-state index >= 15 is 0 Å². The average Bonchev–Trinajstić information content (AvgIpc) is 2.45. The van der Waals surface area contributed by atoms with Gasteiger partial charge in [0.2, 0.25) is 0 Å². The van der Waals surface area contributed by atoms with Gasteiger partial charge in [0.1, 0.15) is 11.6 Å². The highest BCUT2D eigenvalue weighted by molar-refractivity contribution is 5.57. The number of rotatable bonds is 5. The zero-order chi connectivity index (χ0) is 12.8. The first-order valence-electron chi connectivity index (χ1n) is 5.91. The number of nitrogens with one attached hydrogen (secondary N) is 1. The summed E-state index contributed by atoms with van der Waals surface area (Å²) in [5, 5.41) is 3.09. The molecule has 0 aliphatic rings. The van der Waals surface area contributed by atoms with Crippen molar-refractivity contribution >= 4 is 11.5 Å². The molecule has 0 fully saturated rings. The summed E-state index contributed by atoms with van der Waals surface area (Å²) in [6, 6.07) is 5.81. The van der Waals surface area contributed by atoms with Crippen molar-refractivity contribution in [3.05, 3.63) is 42.6 Å². The molecule has 0 aliphatic heterocycles. The van der Waals surface area contributed by atoms with Crippen molar-refractivity contribution < 1.29 is 0 Å². The molecule has 5 heteroatoms. The smallest absolute Gasteiger partial charge is 0.136 e. The maximum atomic E-state index is 4.54. The standard InChI is InChI=1S/C13H17N5/c1-14-7-5-12-16-10-6-13(17-12)18(2)11-3-8-15-9-4-11/h3-4,6,8-10,14H,5,7H2,1-2H3. The van der Waals surface area contributed by atoms with Crippen LogP contribution < -0.4 is 10.2 Å². The lowest BCUT2D eigenvalue weighted by atomic mass is 10.3. The minimum atomic E-state index is 0.828. The van der Waals surface area contributed by atoms with Crippen LogP contribution in [0, 0.1) is 0 Å². The highest BCUT2D eigenvalue weighted by Gasteiger charge is 2.06. The number of aromatic nitrogens is 3. The third kappa shape index (κ3) is 3.01. The van der Waals surface area contributed by atoms with E-state index in [2.05, 4.69) is 20.3 Å². The summed E-state index contributed by atoms with van der Waals surface area (Å²) in [6.07, 6.45) is 6.17. The highest BCUT2D eigenvalue weighted by Crippen LogP contribution is 2.19. The van der Waals surface area contributed by atoms with Gasteiger partial charge in [0.15, 0.2) is 0 Å². The first-order chi connectivity index (χ1) is 8.81. The van der Waals surface area contributed by atoms with E-state index in [1.165, 1.54) is 0 Å². The lowest BCUT2D eigenvalue weighted by Crippen LogP contribution is -2.15. The molecule has 0 bridgehead atoms. The largest absolute Gasteiger partial charge is 0.329 e. The van der Waals surface area contributed by atoms with E-state index in [1.54, 1.807) is 18.6 Å². The molecule has 0 spiro atoms. The predicted molar refractivity (Wildman–Crippen MR) is 72.0 cm³/mol. The molecule has 0 aromatic carbocycles. The summed E-state index contributed by atoms with van der Waals surface area (Å²) in [4.78, 5) is 14.8. The normalized spacial score (nSPS) is 10.3. The van der Waals surface area contributed by atoms with E-state index in [0.717, 1.165) is 30.3 Å². The summed E-state index contributed by atoms with van der Waals surface area (Å²) in [6.45, 7) is 0.877. The Kier molecular flexibility index (Phi) is 4.20. The van der Waals surface area contributed by atoms with E-state index in [-0.39, 0.29) is 0 Å². The topological polar surface area (TPSA) is 53.9 Å². The minimum absolute atomic E-state index is 0.828. The van der Waals surface area contributed by atoms with Gasteiger partial charge in [-0.2, -0.15) is 0 Å². The first-order valence-corrected chi connectivity index (χ1v) is 5.91. The van der Waals surface area contributed by atoms with Crippen molar-refractivity contribution in [1.29, 1.82) is 0 Å². The molecule has 0 atom stereocenters. The Morgan fingerprint density at radius 2 is 1.94 bits per heavy atom. The van der Waals surface area contributed by atoms with Crippen molar-refractivity contribution in [2.24, 2.45) is 0 Å². The van der Waals surface area contributed by atoms with Gasteiger partial charge in [0.05, 0.1) is 0 Å². The zero-order valence-corrected chi connectivity index (χ0v) is 10.7. The van der Waals surface area contributed by atoms with Crippen LogP contribution in [0.25, 0.3) is 0 Å². The maximum Gasteiger partial charge on any atom is 0.136 e. The summed E-state index contributed by atoms with van der Waals surface area (Å²) < 4.78 is 0. The van der Waals surface area contributed by atoms with E-state index in [1.807, 2.05) is 37.2 Å². The van der Waals surface area contributed by atoms with Gasteiger partial charge in [-0.1, -0.05) is 0 Å². The highest BCUT2D eigenvalue weighted by atomic mass is 15.2. The number of likely N-dealkylation sites (N-methyl/N-ethyl adjacent to an activating group) is 1. The molecule has 1 N–H and O–H groups in total. The summed E-state index contributed by atoms with van der Waals surface area (Å²) >= 11 is 0. The van der Waals surface area contributed by atoms with Crippen LogP contribution >= 0.6 is 0 Å². The van der Waals surface area contributed by atoms with Gasteiger partial charge < -0.3 is 10.2 Å². The summed E-state index contributed by atoms with van der Waals surface area (Å²) in [5.74, 6) is 1.74. The first kappa shape index (κ1) is 12.4. The third-order valence-corrected chi connectivity index (χ3v) is 2.68. The van der Waals surface area contributed by atoms with Gasteiger partial charge in [0, 0.05) is 44.3 Å². The molecule has 0 amide bonds. The van der Waals surface area contributed by atoms with Crippen LogP contribution in [0.15, 0.2) is 36.8 Å². The predicted octanol–water partition coefficient (Wildman–Crippen LogP) is 1.40. The van der Waals surface area contributed by atoms with Gasteiger partial charge >= 0.3 is 0 Å². The Labute approximate surface area is 107 Å². The van der Waals surface area contributed by atoms with Gasteiger partial charge in [-0.15, -0.1) is 0 Å². The second-order valence-corrected chi connectivity index (χ2v) is 3.95. The lowest BCUT2D eigenvalue weighted by molar-refractivity contribution is 0.754. The van der Waals surface area contributed by atoms with Crippen LogP contribution in [0.2, 0.25) is 0 Å². The summed E-state index contributed by atoms with van der Waals surface area (Å²) in [5.41, 5.74) is 1.06. The minimum Gasteiger partial charge on any atom is -0.329 e. The third-order valence-electron chi connectivity index (χ3n) is 2.68. The molecule has 2 aromatic heterocycles. The molecule has 0 unspecified atom stereocenters. The number of hydrogen-bond acceptors (Lipinski definition) is 5. The molecule has 5 nitrogen and oxygen atoms in total. The van der Waals surface area contributed by atoms with E-state index in [4.69, 9.17) is 0 Å². The molecular weight excluding hydrogens is 226 g/mol. The Morgan fingerprint density at radius 3 is 2.67 bits per heavy atom. The molecule has 2 aromatic rings. The zero-order valence-electron chi connectivity index (χ0n) is 10.7. The van der Waals surface area contributed by atoms with Crippen molar-refractivity contribution in [2.45, 2.75) is 6.42 Å². The average molecular weight is 243 g/mol. The fraction of sp³-hybridized carbons (Fsp3) is 0.308.